The SMILES string of the molecule is CC(=O)OC(C)c1cc(-c2ccccc2)cc(OC(=O)c2ccc(Cl)cc2)c1C(F)(F)F. The van der Waals surface area contributed by atoms with Gasteiger partial charge in [0.05, 0.1) is 5.56 Å². The minimum absolute atomic E-state index is 0.0298. The van der Waals surface area contributed by atoms with Crippen molar-refractivity contribution in [2.24, 2.45) is 0 Å². The van der Waals surface area contributed by atoms with Gasteiger partial charge in [0.25, 0.3) is 0 Å². The van der Waals surface area contributed by atoms with Crippen LogP contribution >= 0.6 is 11.6 Å². The maximum Gasteiger partial charge on any atom is 0.420 e. The molecule has 3 rings (SSSR count). The van der Waals surface area contributed by atoms with Crippen LogP contribution in [0.2, 0.25) is 5.02 Å². The first-order valence-corrected chi connectivity index (χ1v) is 9.89. The molecule has 0 saturated carbocycles. The molecule has 0 aliphatic heterocycles. The fourth-order valence-electron chi connectivity index (χ4n) is 3.20. The molecule has 8 heteroatoms. The summed E-state index contributed by atoms with van der Waals surface area (Å²) in [6, 6.07) is 16.6. The highest BCUT2D eigenvalue weighted by Crippen LogP contribution is 2.44. The van der Waals surface area contributed by atoms with Gasteiger partial charge < -0.3 is 9.47 Å². The lowest BCUT2D eigenvalue weighted by molar-refractivity contribution is -0.149. The summed E-state index contributed by atoms with van der Waals surface area (Å²) in [5.41, 5.74) is -0.517. The molecule has 0 saturated heterocycles. The van der Waals surface area contributed by atoms with Gasteiger partial charge in [0.15, 0.2) is 0 Å². The van der Waals surface area contributed by atoms with Crippen molar-refractivity contribution in [2.75, 3.05) is 0 Å². The number of carbonyl (C=O) groups excluding carboxylic acids is 2. The van der Waals surface area contributed by atoms with E-state index in [1.165, 1.54) is 37.3 Å². The molecule has 32 heavy (non-hydrogen) atoms. The van der Waals surface area contributed by atoms with Crippen molar-refractivity contribution in [3.05, 3.63) is 88.4 Å². The van der Waals surface area contributed by atoms with Crippen LogP contribution in [-0.4, -0.2) is 11.9 Å². The maximum atomic E-state index is 14.1. The van der Waals surface area contributed by atoms with E-state index < -0.39 is 35.5 Å². The minimum atomic E-state index is -4.88. The van der Waals surface area contributed by atoms with Crippen molar-refractivity contribution in [2.45, 2.75) is 26.1 Å². The second-order valence-corrected chi connectivity index (χ2v) is 7.39. The standard InChI is InChI=1S/C24H18ClF3O4/c1-14(31-15(2)29)20-12-18(16-6-4-3-5-7-16)13-21(22(20)24(26,27)28)32-23(30)17-8-10-19(25)11-9-17/h3-14H,1-2H3. The Morgan fingerprint density at radius 1 is 0.938 bits per heavy atom. The molecule has 0 bridgehead atoms. The van der Waals surface area contributed by atoms with Crippen molar-refractivity contribution >= 4 is 23.5 Å². The van der Waals surface area contributed by atoms with Crippen LogP contribution in [0.25, 0.3) is 11.1 Å². The predicted octanol–water partition coefficient (Wildman–Crippen LogP) is 6.87. The molecule has 0 fully saturated rings. The second kappa shape index (κ2) is 9.44. The molecule has 166 valence electrons. The Labute approximate surface area is 187 Å². The summed E-state index contributed by atoms with van der Waals surface area (Å²) < 4.78 is 52.5. The van der Waals surface area contributed by atoms with E-state index in [4.69, 9.17) is 21.1 Å². The van der Waals surface area contributed by atoms with Crippen LogP contribution in [0.3, 0.4) is 0 Å². The molecule has 4 nitrogen and oxygen atoms in total. The second-order valence-electron chi connectivity index (χ2n) is 6.95. The van der Waals surface area contributed by atoms with Gasteiger partial charge in [-0.25, -0.2) is 4.79 Å². The van der Waals surface area contributed by atoms with Crippen LogP contribution in [0.1, 0.15) is 41.4 Å². The Kier molecular flexibility index (Phi) is 6.89. The van der Waals surface area contributed by atoms with Crippen molar-refractivity contribution in [3.63, 3.8) is 0 Å². The lowest BCUT2D eigenvalue weighted by Gasteiger charge is -2.22. The number of hydrogen-bond donors (Lipinski definition) is 0. The molecule has 0 spiro atoms. The fraction of sp³-hybridized carbons (Fsp3) is 0.167. The van der Waals surface area contributed by atoms with Gasteiger partial charge in [-0.05, 0) is 54.4 Å². The number of benzene rings is 3. The van der Waals surface area contributed by atoms with Crippen molar-refractivity contribution in [1.29, 1.82) is 0 Å². The van der Waals surface area contributed by atoms with Gasteiger partial charge in [-0.3, -0.25) is 4.79 Å². The van der Waals surface area contributed by atoms with E-state index in [1.54, 1.807) is 30.3 Å². The van der Waals surface area contributed by atoms with Crippen LogP contribution in [0.5, 0.6) is 5.75 Å². The summed E-state index contributed by atoms with van der Waals surface area (Å²) in [7, 11) is 0. The molecule has 0 radical (unpaired) electrons. The largest absolute Gasteiger partial charge is 0.458 e. The monoisotopic (exact) mass is 462 g/mol. The summed E-state index contributed by atoms with van der Waals surface area (Å²) in [6.07, 6.45) is -6.12. The van der Waals surface area contributed by atoms with Gasteiger partial charge in [0, 0.05) is 17.5 Å². The molecule has 0 aromatic heterocycles. The Balaban J connectivity index is 2.18. The molecular weight excluding hydrogens is 445 g/mol. The van der Waals surface area contributed by atoms with Gasteiger partial charge in [0.1, 0.15) is 17.4 Å². The number of alkyl halides is 3. The average Bonchev–Trinajstić information content (AvgIpc) is 2.73. The first kappa shape index (κ1) is 23.3. The molecule has 0 aliphatic rings. The molecule has 0 amide bonds. The third-order valence-electron chi connectivity index (χ3n) is 4.59. The fourth-order valence-corrected chi connectivity index (χ4v) is 3.32. The third-order valence-corrected chi connectivity index (χ3v) is 4.84. The Hall–Kier alpha value is -3.32. The third kappa shape index (κ3) is 5.48. The maximum absolute atomic E-state index is 14.1. The van der Waals surface area contributed by atoms with Gasteiger partial charge in [0.2, 0.25) is 0 Å². The molecule has 1 atom stereocenters. The van der Waals surface area contributed by atoms with E-state index in [1.807, 2.05) is 0 Å². The Morgan fingerprint density at radius 3 is 2.12 bits per heavy atom. The lowest BCUT2D eigenvalue weighted by atomic mass is 9.95. The zero-order valence-electron chi connectivity index (χ0n) is 17.1. The van der Waals surface area contributed by atoms with Crippen LogP contribution in [0.15, 0.2) is 66.7 Å². The molecule has 3 aromatic rings. The van der Waals surface area contributed by atoms with Gasteiger partial charge in [-0.1, -0.05) is 41.9 Å². The normalized spacial score (nSPS) is 12.2. The quantitative estimate of drug-likeness (QED) is 0.307. The molecule has 0 heterocycles. The highest BCUT2D eigenvalue weighted by atomic mass is 35.5. The topological polar surface area (TPSA) is 52.6 Å². The first-order chi connectivity index (χ1) is 15.1. The van der Waals surface area contributed by atoms with E-state index >= 15 is 0 Å². The summed E-state index contributed by atoms with van der Waals surface area (Å²) in [5, 5.41) is 0.362. The molecule has 0 aliphatic carbocycles. The highest BCUT2D eigenvalue weighted by Gasteiger charge is 2.40. The minimum Gasteiger partial charge on any atom is -0.458 e. The zero-order valence-corrected chi connectivity index (χ0v) is 17.8. The summed E-state index contributed by atoms with van der Waals surface area (Å²) in [5.74, 6) is -2.41. The number of ether oxygens (including phenoxy) is 2. The first-order valence-electron chi connectivity index (χ1n) is 9.52. The molecule has 1 unspecified atom stereocenters. The van der Waals surface area contributed by atoms with Crippen LogP contribution < -0.4 is 4.74 Å². The van der Waals surface area contributed by atoms with E-state index in [0.717, 1.165) is 13.0 Å². The average molecular weight is 463 g/mol. The number of hydrogen-bond acceptors (Lipinski definition) is 4. The van der Waals surface area contributed by atoms with Gasteiger partial charge >= 0.3 is 18.1 Å². The molecular formula is C24H18ClF3O4. The number of esters is 2. The van der Waals surface area contributed by atoms with E-state index in [2.05, 4.69) is 0 Å². The van der Waals surface area contributed by atoms with Gasteiger partial charge in [-0.2, -0.15) is 13.2 Å². The Morgan fingerprint density at radius 2 is 1.56 bits per heavy atom. The van der Waals surface area contributed by atoms with E-state index in [0.29, 0.717) is 16.1 Å². The van der Waals surface area contributed by atoms with Crippen LogP contribution in [0, 0.1) is 0 Å². The molecule has 3 aromatic carbocycles. The predicted molar refractivity (Wildman–Crippen MR) is 113 cm³/mol. The van der Waals surface area contributed by atoms with Crippen LogP contribution in [-0.2, 0) is 15.7 Å². The smallest absolute Gasteiger partial charge is 0.420 e. The van der Waals surface area contributed by atoms with E-state index in [9.17, 15) is 22.8 Å². The molecule has 0 N–H and O–H groups in total. The number of rotatable bonds is 5. The van der Waals surface area contributed by atoms with Gasteiger partial charge in [-0.15, -0.1) is 0 Å². The lowest BCUT2D eigenvalue weighted by Crippen LogP contribution is -2.18. The van der Waals surface area contributed by atoms with Crippen molar-refractivity contribution < 1.29 is 32.2 Å². The van der Waals surface area contributed by atoms with Crippen LogP contribution in [0.4, 0.5) is 13.2 Å². The zero-order chi connectivity index (χ0) is 23.5. The highest BCUT2D eigenvalue weighted by molar-refractivity contribution is 6.30. The summed E-state index contributed by atoms with van der Waals surface area (Å²) >= 11 is 5.81. The summed E-state index contributed by atoms with van der Waals surface area (Å²) in [6.45, 7) is 2.43. The number of halogens is 4. The van der Waals surface area contributed by atoms with E-state index in [-0.39, 0.29) is 11.1 Å². The number of carbonyl (C=O) groups is 2. The van der Waals surface area contributed by atoms with Crippen molar-refractivity contribution in [3.8, 4) is 16.9 Å². The summed E-state index contributed by atoms with van der Waals surface area (Å²) in [4.78, 5) is 24.0. The Bertz CT molecular complexity index is 1130. The van der Waals surface area contributed by atoms with Crippen molar-refractivity contribution in [1.82, 2.24) is 0 Å².